The van der Waals surface area contributed by atoms with Gasteiger partial charge in [0.05, 0.1) is 22.8 Å². The highest BCUT2D eigenvalue weighted by Gasteiger charge is 2.11. The smallest absolute Gasteiger partial charge is 0.0892 e. The molecule has 8 rings (SSSR count). The van der Waals surface area contributed by atoms with E-state index in [2.05, 4.69) is 110 Å². The van der Waals surface area contributed by atoms with E-state index in [9.17, 15) is 0 Å². The molecular formula is C43H29N5. The molecule has 0 radical (unpaired) electrons. The summed E-state index contributed by atoms with van der Waals surface area (Å²) in [6.07, 6.45) is 11.0. The first-order valence-electron chi connectivity index (χ1n) is 15.8. The van der Waals surface area contributed by atoms with Crippen molar-refractivity contribution in [3.63, 3.8) is 0 Å². The van der Waals surface area contributed by atoms with E-state index in [1.54, 1.807) is 12.4 Å². The number of benzene rings is 3. The first kappa shape index (κ1) is 28.9. The second-order valence-electron chi connectivity index (χ2n) is 11.5. The Bertz CT molecular complexity index is 2190. The molecule has 0 aliphatic rings. The van der Waals surface area contributed by atoms with Gasteiger partial charge in [0.25, 0.3) is 0 Å². The Morgan fingerprint density at radius 3 is 1.12 bits per heavy atom. The molecule has 0 aliphatic carbocycles. The van der Waals surface area contributed by atoms with E-state index in [-0.39, 0.29) is 0 Å². The lowest BCUT2D eigenvalue weighted by molar-refractivity contribution is 1.25. The molecule has 5 nitrogen and oxygen atoms in total. The molecule has 0 aliphatic heterocycles. The van der Waals surface area contributed by atoms with E-state index in [1.165, 1.54) is 0 Å². The zero-order valence-corrected chi connectivity index (χ0v) is 26.0. The van der Waals surface area contributed by atoms with Crippen LogP contribution in [0.25, 0.3) is 78.4 Å². The fourth-order valence-corrected chi connectivity index (χ4v) is 5.95. The first-order valence-corrected chi connectivity index (χ1v) is 15.8. The van der Waals surface area contributed by atoms with Crippen LogP contribution < -0.4 is 0 Å². The molecule has 0 amide bonds. The average molecular weight is 616 g/mol. The average Bonchev–Trinajstić information content (AvgIpc) is 3.19. The van der Waals surface area contributed by atoms with Crippen LogP contribution >= 0.6 is 0 Å². The number of hydrogen-bond acceptors (Lipinski definition) is 5. The molecule has 0 atom stereocenters. The summed E-state index contributed by atoms with van der Waals surface area (Å²) in [6.45, 7) is 0. The summed E-state index contributed by atoms with van der Waals surface area (Å²) in [5.41, 5.74) is 14.5. The van der Waals surface area contributed by atoms with E-state index in [0.717, 1.165) is 78.4 Å². The molecule has 0 fully saturated rings. The van der Waals surface area contributed by atoms with Gasteiger partial charge in [-0.1, -0.05) is 54.6 Å². The first-order chi connectivity index (χ1) is 23.8. The van der Waals surface area contributed by atoms with Gasteiger partial charge >= 0.3 is 0 Å². The van der Waals surface area contributed by atoms with Gasteiger partial charge < -0.3 is 0 Å². The van der Waals surface area contributed by atoms with Crippen LogP contribution in [0.5, 0.6) is 0 Å². The summed E-state index contributed by atoms with van der Waals surface area (Å²) in [6, 6.07) is 48.3. The van der Waals surface area contributed by atoms with Crippen LogP contribution in [0.4, 0.5) is 0 Å². The molecule has 0 bridgehead atoms. The standard InChI is InChI=1S/C43H29N5/c1-3-18-45-40(13-1)42-27-34(15-20-47-42)30-8-5-10-32(22-30)37-24-38(26-39(25-37)36-12-7-17-44-29-36)33-11-6-9-31(23-33)35-16-21-48-43(28-35)41-14-2-4-19-46-41/h1-29H. The van der Waals surface area contributed by atoms with Crippen molar-refractivity contribution in [2.75, 3.05) is 0 Å². The van der Waals surface area contributed by atoms with E-state index >= 15 is 0 Å². The van der Waals surface area contributed by atoms with Gasteiger partial charge in [0, 0.05) is 42.7 Å². The quantitative estimate of drug-likeness (QED) is 0.178. The zero-order chi connectivity index (χ0) is 32.1. The summed E-state index contributed by atoms with van der Waals surface area (Å²) < 4.78 is 0. The van der Waals surface area contributed by atoms with Crippen molar-refractivity contribution in [3.8, 4) is 78.4 Å². The molecule has 0 saturated carbocycles. The molecule has 226 valence electrons. The second kappa shape index (κ2) is 13.0. The van der Waals surface area contributed by atoms with Crippen molar-refractivity contribution >= 4 is 0 Å². The van der Waals surface area contributed by atoms with E-state index < -0.39 is 0 Å². The second-order valence-corrected chi connectivity index (χ2v) is 11.5. The Labute approximate surface area is 279 Å². The molecule has 0 unspecified atom stereocenters. The van der Waals surface area contributed by atoms with Gasteiger partial charge in [-0.05, 0) is 135 Å². The Balaban J connectivity index is 1.20. The molecule has 48 heavy (non-hydrogen) atoms. The third-order valence-electron chi connectivity index (χ3n) is 8.36. The molecule has 5 heteroatoms. The predicted octanol–water partition coefficient (Wildman–Crippen LogP) is 10.3. The maximum atomic E-state index is 4.58. The maximum Gasteiger partial charge on any atom is 0.0892 e. The molecule has 8 aromatic rings. The van der Waals surface area contributed by atoms with Crippen molar-refractivity contribution < 1.29 is 0 Å². The fourth-order valence-electron chi connectivity index (χ4n) is 5.95. The van der Waals surface area contributed by atoms with E-state index in [1.807, 2.05) is 79.4 Å². The third-order valence-corrected chi connectivity index (χ3v) is 8.36. The van der Waals surface area contributed by atoms with Gasteiger partial charge in [0.2, 0.25) is 0 Å². The summed E-state index contributed by atoms with van der Waals surface area (Å²) in [7, 11) is 0. The number of aromatic nitrogens is 5. The molecule has 0 spiro atoms. The summed E-state index contributed by atoms with van der Waals surface area (Å²) in [5, 5.41) is 0. The largest absolute Gasteiger partial charge is 0.264 e. The minimum absolute atomic E-state index is 0.848. The van der Waals surface area contributed by atoms with Crippen LogP contribution in [-0.2, 0) is 0 Å². The minimum atomic E-state index is 0.848. The summed E-state index contributed by atoms with van der Waals surface area (Å²) >= 11 is 0. The molecule has 5 aromatic heterocycles. The highest BCUT2D eigenvalue weighted by Crippen LogP contribution is 2.36. The Kier molecular flexibility index (Phi) is 7.83. The molecule has 5 heterocycles. The summed E-state index contributed by atoms with van der Waals surface area (Å²) in [5.74, 6) is 0. The van der Waals surface area contributed by atoms with Crippen LogP contribution in [0.15, 0.2) is 177 Å². The lowest BCUT2D eigenvalue weighted by atomic mass is 9.91. The number of rotatable bonds is 7. The van der Waals surface area contributed by atoms with Crippen LogP contribution in [0.2, 0.25) is 0 Å². The van der Waals surface area contributed by atoms with Crippen LogP contribution in [0.3, 0.4) is 0 Å². The van der Waals surface area contributed by atoms with Crippen molar-refractivity contribution in [1.82, 2.24) is 24.9 Å². The van der Waals surface area contributed by atoms with Crippen molar-refractivity contribution in [1.29, 1.82) is 0 Å². The van der Waals surface area contributed by atoms with Gasteiger partial charge in [-0.15, -0.1) is 0 Å². The van der Waals surface area contributed by atoms with Gasteiger partial charge in [0.15, 0.2) is 0 Å². The molecule has 0 N–H and O–H groups in total. The summed E-state index contributed by atoms with van der Waals surface area (Å²) in [4.78, 5) is 22.6. The topological polar surface area (TPSA) is 64.5 Å². The monoisotopic (exact) mass is 615 g/mol. The highest BCUT2D eigenvalue weighted by atomic mass is 14.8. The Hall–Kier alpha value is -6.59. The van der Waals surface area contributed by atoms with Crippen molar-refractivity contribution in [3.05, 3.63) is 177 Å². The normalized spacial score (nSPS) is 10.9. The van der Waals surface area contributed by atoms with Crippen LogP contribution in [0.1, 0.15) is 0 Å². The Morgan fingerprint density at radius 1 is 0.250 bits per heavy atom. The van der Waals surface area contributed by atoms with E-state index in [4.69, 9.17) is 0 Å². The SMILES string of the molecule is c1ccc(-c2cc(-c3cccc(-c4cc(-c5cccnc5)cc(-c5cccc(-c6ccnc(-c7ccccn7)c6)c5)c4)c3)ccn2)nc1. The molecule has 3 aromatic carbocycles. The van der Waals surface area contributed by atoms with Crippen LogP contribution in [-0.4, -0.2) is 24.9 Å². The van der Waals surface area contributed by atoms with Crippen LogP contribution in [0, 0.1) is 0 Å². The lowest BCUT2D eigenvalue weighted by Crippen LogP contribution is -1.90. The molecule has 0 saturated heterocycles. The van der Waals surface area contributed by atoms with Crippen molar-refractivity contribution in [2.45, 2.75) is 0 Å². The van der Waals surface area contributed by atoms with Crippen molar-refractivity contribution in [2.24, 2.45) is 0 Å². The number of hydrogen-bond donors (Lipinski definition) is 0. The van der Waals surface area contributed by atoms with Gasteiger partial charge in [-0.3, -0.25) is 24.9 Å². The lowest BCUT2D eigenvalue weighted by Gasteiger charge is -2.13. The minimum Gasteiger partial charge on any atom is -0.264 e. The highest BCUT2D eigenvalue weighted by molar-refractivity contribution is 5.84. The molecular weight excluding hydrogens is 587 g/mol. The zero-order valence-electron chi connectivity index (χ0n) is 26.0. The van der Waals surface area contributed by atoms with Gasteiger partial charge in [0.1, 0.15) is 0 Å². The Morgan fingerprint density at radius 2 is 0.667 bits per heavy atom. The fraction of sp³-hybridized carbons (Fsp3) is 0. The maximum absolute atomic E-state index is 4.58. The van der Waals surface area contributed by atoms with E-state index in [0.29, 0.717) is 0 Å². The van der Waals surface area contributed by atoms with Gasteiger partial charge in [-0.2, -0.15) is 0 Å². The third kappa shape index (κ3) is 6.13. The number of pyridine rings is 5. The van der Waals surface area contributed by atoms with Gasteiger partial charge in [-0.25, -0.2) is 0 Å². The predicted molar refractivity (Wildman–Crippen MR) is 193 cm³/mol. The number of nitrogens with zero attached hydrogens (tertiary/aromatic N) is 5.